The van der Waals surface area contributed by atoms with Crippen LogP contribution in [0.3, 0.4) is 0 Å². The summed E-state index contributed by atoms with van der Waals surface area (Å²) in [5, 5.41) is 2.91. The first-order valence-corrected chi connectivity index (χ1v) is 7.81. The largest absolute Gasteiger partial charge is 0.351 e. The van der Waals surface area contributed by atoms with E-state index in [9.17, 15) is 4.79 Å². The molecule has 0 aliphatic heterocycles. The van der Waals surface area contributed by atoms with Gasteiger partial charge in [-0.3, -0.25) is 9.69 Å². The summed E-state index contributed by atoms with van der Waals surface area (Å²) in [6.07, 6.45) is 0. The van der Waals surface area contributed by atoms with E-state index >= 15 is 0 Å². The van der Waals surface area contributed by atoms with E-state index in [1.54, 1.807) is 0 Å². The molecule has 1 aromatic rings. The van der Waals surface area contributed by atoms with Crippen LogP contribution < -0.4 is 11.1 Å². The number of hydrogen-bond acceptors (Lipinski definition) is 3. The van der Waals surface area contributed by atoms with Gasteiger partial charge in [-0.05, 0) is 30.1 Å². The fourth-order valence-electron chi connectivity index (χ4n) is 2.15. The molecule has 4 heteroatoms. The van der Waals surface area contributed by atoms with E-state index in [0.717, 1.165) is 25.2 Å². The molecule has 21 heavy (non-hydrogen) atoms. The van der Waals surface area contributed by atoms with Crippen molar-refractivity contribution >= 4 is 5.91 Å². The number of carbonyl (C=O) groups excluding carboxylic acids is 1. The smallest absolute Gasteiger partial charge is 0.237 e. The van der Waals surface area contributed by atoms with Gasteiger partial charge in [-0.25, -0.2) is 0 Å². The van der Waals surface area contributed by atoms with E-state index in [1.807, 2.05) is 26.0 Å². The number of rotatable bonds is 8. The van der Waals surface area contributed by atoms with E-state index in [0.29, 0.717) is 6.54 Å². The fourth-order valence-corrected chi connectivity index (χ4v) is 2.15. The standard InChI is InChI=1S/C17H29N3O/c1-5-20(6-2)12-15-9-7-8-14(10-15)11-19-17(21)16(18)13(3)4/h7-10,13,16H,5-6,11-12,18H2,1-4H3,(H,19,21)/t16-/m0/s1. The Morgan fingerprint density at radius 3 is 2.43 bits per heavy atom. The Bertz CT molecular complexity index is 441. The zero-order chi connectivity index (χ0) is 15.8. The fraction of sp³-hybridized carbons (Fsp3) is 0.588. The molecule has 0 saturated carbocycles. The maximum Gasteiger partial charge on any atom is 0.237 e. The van der Waals surface area contributed by atoms with Gasteiger partial charge in [-0.1, -0.05) is 52.0 Å². The van der Waals surface area contributed by atoms with Crippen molar-refractivity contribution in [3.63, 3.8) is 0 Å². The summed E-state index contributed by atoms with van der Waals surface area (Å²) in [5.41, 5.74) is 8.23. The molecule has 0 aliphatic rings. The number of benzene rings is 1. The van der Waals surface area contributed by atoms with Gasteiger partial charge in [0.15, 0.2) is 0 Å². The van der Waals surface area contributed by atoms with Gasteiger partial charge in [0.1, 0.15) is 0 Å². The minimum absolute atomic E-state index is 0.0841. The quantitative estimate of drug-likeness (QED) is 0.771. The zero-order valence-electron chi connectivity index (χ0n) is 13.7. The number of amides is 1. The van der Waals surface area contributed by atoms with Crippen LogP contribution in [0.15, 0.2) is 24.3 Å². The molecule has 3 N–H and O–H groups in total. The second-order valence-electron chi connectivity index (χ2n) is 5.77. The molecule has 0 aliphatic carbocycles. The Morgan fingerprint density at radius 2 is 1.86 bits per heavy atom. The highest BCUT2D eigenvalue weighted by Gasteiger charge is 2.16. The molecule has 1 atom stereocenters. The molecule has 0 bridgehead atoms. The summed E-state index contributed by atoms with van der Waals surface area (Å²) in [5.74, 6) is 0.0677. The number of nitrogens with two attached hydrogens (primary N) is 1. The van der Waals surface area contributed by atoms with Crippen LogP contribution in [0.4, 0.5) is 0 Å². The molecule has 1 aromatic carbocycles. The lowest BCUT2D eigenvalue weighted by atomic mass is 10.0. The molecular weight excluding hydrogens is 262 g/mol. The molecule has 0 unspecified atom stereocenters. The predicted octanol–water partition coefficient (Wildman–Crippen LogP) is 2.13. The predicted molar refractivity (Wildman–Crippen MR) is 87.7 cm³/mol. The van der Waals surface area contributed by atoms with Gasteiger partial charge in [0.05, 0.1) is 6.04 Å². The third kappa shape index (κ3) is 5.86. The number of nitrogens with zero attached hydrogens (tertiary/aromatic N) is 1. The molecule has 1 amide bonds. The summed E-state index contributed by atoms with van der Waals surface area (Å²) in [6.45, 7) is 11.8. The van der Waals surface area contributed by atoms with E-state index < -0.39 is 6.04 Å². The molecule has 1 rings (SSSR count). The molecule has 0 spiro atoms. The van der Waals surface area contributed by atoms with Crippen LogP contribution in [0, 0.1) is 5.92 Å². The van der Waals surface area contributed by atoms with Gasteiger partial charge in [-0.15, -0.1) is 0 Å². The van der Waals surface area contributed by atoms with Gasteiger partial charge in [-0.2, -0.15) is 0 Å². The van der Waals surface area contributed by atoms with Crippen molar-refractivity contribution in [3.8, 4) is 0 Å². The Balaban J connectivity index is 2.58. The van der Waals surface area contributed by atoms with Crippen LogP contribution in [-0.4, -0.2) is 29.9 Å². The zero-order valence-corrected chi connectivity index (χ0v) is 13.7. The second kappa shape index (κ2) is 8.80. The Morgan fingerprint density at radius 1 is 1.24 bits per heavy atom. The summed E-state index contributed by atoms with van der Waals surface area (Å²) in [6, 6.07) is 7.92. The Labute approximate surface area is 128 Å². The molecule has 0 fully saturated rings. The normalized spacial score (nSPS) is 12.7. The van der Waals surface area contributed by atoms with Gasteiger partial charge in [0.25, 0.3) is 0 Å². The van der Waals surface area contributed by atoms with Crippen molar-refractivity contribution in [2.45, 2.75) is 46.8 Å². The van der Waals surface area contributed by atoms with Crippen LogP contribution in [0.25, 0.3) is 0 Å². The molecule has 0 radical (unpaired) electrons. The number of carbonyl (C=O) groups is 1. The molecule has 0 heterocycles. The molecule has 4 nitrogen and oxygen atoms in total. The lowest BCUT2D eigenvalue weighted by molar-refractivity contribution is -0.123. The highest BCUT2D eigenvalue weighted by molar-refractivity contribution is 5.81. The molecular formula is C17H29N3O. The van der Waals surface area contributed by atoms with Crippen molar-refractivity contribution in [2.75, 3.05) is 13.1 Å². The van der Waals surface area contributed by atoms with Gasteiger partial charge >= 0.3 is 0 Å². The SMILES string of the molecule is CCN(CC)Cc1cccc(CNC(=O)[C@@H](N)C(C)C)c1. The minimum Gasteiger partial charge on any atom is -0.351 e. The summed E-state index contributed by atoms with van der Waals surface area (Å²) >= 11 is 0. The van der Waals surface area contributed by atoms with Crippen LogP contribution in [-0.2, 0) is 17.9 Å². The number of nitrogens with one attached hydrogen (secondary N) is 1. The topological polar surface area (TPSA) is 58.4 Å². The summed E-state index contributed by atoms with van der Waals surface area (Å²) < 4.78 is 0. The highest BCUT2D eigenvalue weighted by Crippen LogP contribution is 2.09. The Kier molecular flexibility index (Phi) is 7.40. The first-order valence-electron chi connectivity index (χ1n) is 7.81. The van der Waals surface area contributed by atoms with E-state index in [1.165, 1.54) is 5.56 Å². The van der Waals surface area contributed by atoms with Gasteiger partial charge in [0.2, 0.25) is 5.91 Å². The maximum absolute atomic E-state index is 11.9. The average Bonchev–Trinajstić information content (AvgIpc) is 2.49. The molecule has 118 valence electrons. The maximum atomic E-state index is 11.9. The van der Waals surface area contributed by atoms with Gasteiger partial charge < -0.3 is 11.1 Å². The number of hydrogen-bond donors (Lipinski definition) is 2. The first kappa shape index (κ1) is 17.7. The van der Waals surface area contributed by atoms with E-state index in [2.05, 4.69) is 36.2 Å². The van der Waals surface area contributed by atoms with Gasteiger partial charge in [0, 0.05) is 13.1 Å². The third-order valence-corrected chi connectivity index (χ3v) is 3.78. The van der Waals surface area contributed by atoms with E-state index in [-0.39, 0.29) is 11.8 Å². The van der Waals surface area contributed by atoms with E-state index in [4.69, 9.17) is 5.73 Å². The van der Waals surface area contributed by atoms with Crippen LogP contribution in [0.1, 0.15) is 38.8 Å². The summed E-state index contributed by atoms with van der Waals surface area (Å²) in [4.78, 5) is 14.2. The lowest BCUT2D eigenvalue weighted by Crippen LogP contribution is -2.43. The minimum atomic E-state index is -0.441. The monoisotopic (exact) mass is 291 g/mol. The van der Waals surface area contributed by atoms with Crippen molar-refractivity contribution in [1.29, 1.82) is 0 Å². The van der Waals surface area contributed by atoms with Crippen LogP contribution in [0.5, 0.6) is 0 Å². The average molecular weight is 291 g/mol. The van der Waals surface area contributed by atoms with Crippen LogP contribution in [0.2, 0.25) is 0 Å². The van der Waals surface area contributed by atoms with Crippen molar-refractivity contribution in [2.24, 2.45) is 11.7 Å². The van der Waals surface area contributed by atoms with Crippen molar-refractivity contribution in [1.82, 2.24) is 10.2 Å². The molecule has 0 aromatic heterocycles. The first-order chi connectivity index (χ1) is 9.97. The Hall–Kier alpha value is -1.39. The summed E-state index contributed by atoms with van der Waals surface area (Å²) in [7, 11) is 0. The third-order valence-electron chi connectivity index (χ3n) is 3.78. The second-order valence-corrected chi connectivity index (χ2v) is 5.77. The van der Waals surface area contributed by atoms with Crippen LogP contribution >= 0.6 is 0 Å². The van der Waals surface area contributed by atoms with Crippen molar-refractivity contribution in [3.05, 3.63) is 35.4 Å². The lowest BCUT2D eigenvalue weighted by Gasteiger charge is -2.19. The highest BCUT2D eigenvalue weighted by atomic mass is 16.2. The molecule has 0 saturated heterocycles. The van der Waals surface area contributed by atoms with Crippen molar-refractivity contribution < 1.29 is 4.79 Å².